The molecule has 2 rings (SSSR count). The molecule has 0 aliphatic carbocycles. The first-order valence-corrected chi connectivity index (χ1v) is 4.22. The van der Waals surface area contributed by atoms with Crippen LogP contribution in [0.5, 0.6) is 5.75 Å². The van der Waals surface area contributed by atoms with Crippen LogP contribution < -0.4 is 5.32 Å². The van der Waals surface area contributed by atoms with Gasteiger partial charge in [0.05, 0.1) is 6.54 Å². The average Bonchev–Trinajstić information content (AvgIpc) is 2.49. The molecule has 74 valence electrons. The molecular weight excluding hydrogens is 184 g/mol. The number of nitrogens with one attached hydrogen (secondary N) is 1. The van der Waals surface area contributed by atoms with Crippen molar-refractivity contribution in [3.63, 3.8) is 0 Å². The maximum atomic E-state index is 11.0. The van der Waals surface area contributed by atoms with E-state index in [1.807, 2.05) is 0 Å². The van der Waals surface area contributed by atoms with Crippen molar-refractivity contribution in [2.45, 2.75) is 6.17 Å². The highest BCUT2D eigenvalue weighted by Crippen LogP contribution is 2.27. The summed E-state index contributed by atoms with van der Waals surface area (Å²) < 4.78 is 0. The highest BCUT2D eigenvalue weighted by Gasteiger charge is 2.31. The number of phenolic OH excluding ortho intramolecular Hbond substituents is 1. The molecule has 3 N–H and O–H groups in total. The number of para-hydroxylation sites is 1. The number of carbonyl (C=O) groups excluding carboxylic acids is 1. The van der Waals surface area contributed by atoms with Crippen molar-refractivity contribution in [3.05, 3.63) is 29.8 Å². The summed E-state index contributed by atoms with van der Waals surface area (Å²) in [4.78, 5) is 11.0. The van der Waals surface area contributed by atoms with Gasteiger partial charge in [0.1, 0.15) is 11.9 Å². The van der Waals surface area contributed by atoms with Gasteiger partial charge in [0.25, 0.3) is 5.91 Å². The smallest absolute Gasteiger partial charge is 0.261 e. The Labute approximate surface area is 80.5 Å². The van der Waals surface area contributed by atoms with E-state index in [1.165, 1.54) is 6.07 Å². The lowest BCUT2D eigenvalue weighted by atomic mass is 10.1. The molecule has 0 bridgehead atoms. The number of benzene rings is 1. The molecule has 0 spiro atoms. The largest absolute Gasteiger partial charge is 0.508 e. The molecule has 1 aromatic rings. The summed E-state index contributed by atoms with van der Waals surface area (Å²) in [6.45, 7) is 0.0789. The lowest BCUT2D eigenvalue weighted by Gasteiger charge is -2.18. The number of rotatable bonds is 1. The Morgan fingerprint density at radius 3 is 2.71 bits per heavy atom. The third kappa shape index (κ3) is 1.32. The lowest BCUT2D eigenvalue weighted by Crippen LogP contribution is -2.26. The minimum absolute atomic E-state index is 0.0544. The van der Waals surface area contributed by atoms with Crippen LogP contribution in [0.1, 0.15) is 11.7 Å². The zero-order chi connectivity index (χ0) is 10.1. The summed E-state index contributed by atoms with van der Waals surface area (Å²) in [5, 5.41) is 22.2. The summed E-state index contributed by atoms with van der Waals surface area (Å²) in [6.07, 6.45) is -0.649. The molecule has 1 amide bonds. The maximum absolute atomic E-state index is 11.0. The fourth-order valence-electron chi connectivity index (χ4n) is 1.46. The summed E-state index contributed by atoms with van der Waals surface area (Å²) in [5.41, 5.74) is 0.487. The molecule has 14 heavy (non-hydrogen) atoms. The molecule has 0 unspecified atom stereocenters. The van der Waals surface area contributed by atoms with Crippen LogP contribution in [0.15, 0.2) is 24.3 Å². The molecule has 1 aromatic carbocycles. The first-order valence-electron chi connectivity index (χ1n) is 4.22. The van der Waals surface area contributed by atoms with E-state index in [1.54, 1.807) is 18.2 Å². The lowest BCUT2D eigenvalue weighted by molar-refractivity contribution is -0.165. The van der Waals surface area contributed by atoms with Crippen LogP contribution in [-0.4, -0.2) is 27.8 Å². The van der Waals surface area contributed by atoms with Gasteiger partial charge in [-0.25, -0.2) is 5.06 Å². The fraction of sp³-hybridized carbons (Fsp3) is 0.222. The summed E-state index contributed by atoms with van der Waals surface area (Å²) in [5.74, 6) is -0.350. The Kier molecular flexibility index (Phi) is 2.11. The van der Waals surface area contributed by atoms with Gasteiger partial charge < -0.3 is 5.11 Å². The quantitative estimate of drug-likeness (QED) is 0.559. The molecule has 1 aliphatic heterocycles. The SMILES string of the molecule is O=C1CN[C@@H](c2ccccc2O)N1O. The van der Waals surface area contributed by atoms with Crippen molar-refractivity contribution in [2.75, 3.05) is 6.54 Å². The topological polar surface area (TPSA) is 72.8 Å². The van der Waals surface area contributed by atoms with Crippen LogP contribution in [0.2, 0.25) is 0 Å². The van der Waals surface area contributed by atoms with Crippen molar-refractivity contribution in [1.29, 1.82) is 0 Å². The molecule has 1 fully saturated rings. The number of hydroxylamine groups is 2. The minimum atomic E-state index is -0.649. The molecule has 5 heteroatoms. The van der Waals surface area contributed by atoms with Gasteiger partial charge in [0.2, 0.25) is 0 Å². The second-order valence-corrected chi connectivity index (χ2v) is 3.08. The van der Waals surface area contributed by atoms with E-state index in [0.29, 0.717) is 10.6 Å². The monoisotopic (exact) mass is 194 g/mol. The number of hydrogen-bond acceptors (Lipinski definition) is 4. The average molecular weight is 194 g/mol. The van der Waals surface area contributed by atoms with Crippen LogP contribution in [-0.2, 0) is 4.79 Å². The Morgan fingerprint density at radius 1 is 1.43 bits per heavy atom. The van der Waals surface area contributed by atoms with E-state index < -0.39 is 12.1 Å². The second-order valence-electron chi connectivity index (χ2n) is 3.08. The van der Waals surface area contributed by atoms with Gasteiger partial charge in [0.15, 0.2) is 0 Å². The van der Waals surface area contributed by atoms with Gasteiger partial charge in [-0.15, -0.1) is 0 Å². The molecular formula is C9H10N2O3. The Balaban J connectivity index is 2.32. The van der Waals surface area contributed by atoms with Gasteiger partial charge in [-0.05, 0) is 6.07 Å². The zero-order valence-corrected chi connectivity index (χ0v) is 7.34. The first kappa shape index (κ1) is 8.98. The van der Waals surface area contributed by atoms with Gasteiger partial charge >= 0.3 is 0 Å². The van der Waals surface area contributed by atoms with E-state index in [9.17, 15) is 15.1 Å². The molecule has 1 saturated heterocycles. The zero-order valence-electron chi connectivity index (χ0n) is 7.34. The van der Waals surface area contributed by atoms with Crippen molar-refractivity contribution < 1.29 is 15.1 Å². The van der Waals surface area contributed by atoms with Gasteiger partial charge in [0, 0.05) is 5.56 Å². The highest BCUT2D eigenvalue weighted by molar-refractivity contribution is 5.79. The number of phenols is 1. The number of amides is 1. The van der Waals surface area contributed by atoms with Crippen LogP contribution in [0.4, 0.5) is 0 Å². The molecule has 0 saturated carbocycles. The van der Waals surface area contributed by atoms with Crippen molar-refractivity contribution >= 4 is 5.91 Å². The number of carbonyl (C=O) groups is 1. The third-order valence-electron chi connectivity index (χ3n) is 2.18. The van der Waals surface area contributed by atoms with E-state index in [2.05, 4.69) is 5.32 Å². The molecule has 1 heterocycles. The van der Waals surface area contributed by atoms with E-state index >= 15 is 0 Å². The number of hydrogen-bond donors (Lipinski definition) is 3. The van der Waals surface area contributed by atoms with Crippen LogP contribution in [0.25, 0.3) is 0 Å². The van der Waals surface area contributed by atoms with E-state index in [0.717, 1.165) is 0 Å². The number of nitrogens with zero attached hydrogens (tertiary/aromatic N) is 1. The molecule has 0 aromatic heterocycles. The molecule has 1 atom stereocenters. The van der Waals surface area contributed by atoms with Crippen molar-refractivity contribution in [3.8, 4) is 5.75 Å². The van der Waals surface area contributed by atoms with Gasteiger partial charge in [-0.1, -0.05) is 18.2 Å². The Bertz CT molecular complexity index is 367. The molecule has 0 radical (unpaired) electrons. The number of aromatic hydroxyl groups is 1. The molecule has 5 nitrogen and oxygen atoms in total. The van der Waals surface area contributed by atoms with Crippen LogP contribution >= 0.6 is 0 Å². The minimum Gasteiger partial charge on any atom is -0.508 e. The maximum Gasteiger partial charge on any atom is 0.261 e. The standard InChI is InChI=1S/C9H10N2O3/c12-7-4-2-1-3-6(7)9-10-5-8(13)11(9)14/h1-4,9-10,12,14H,5H2/t9-/m1/s1. The second kappa shape index (κ2) is 3.28. The van der Waals surface area contributed by atoms with Crippen LogP contribution in [0, 0.1) is 0 Å². The highest BCUT2D eigenvalue weighted by atomic mass is 16.5. The predicted molar refractivity (Wildman–Crippen MR) is 47.5 cm³/mol. The Hall–Kier alpha value is -1.59. The fourth-order valence-corrected chi connectivity index (χ4v) is 1.46. The van der Waals surface area contributed by atoms with Crippen molar-refractivity contribution in [2.24, 2.45) is 0 Å². The Morgan fingerprint density at radius 2 is 2.14 bits per heavy atom. The normalized spacial score (nSPS) is 21.6. The van der Waals surface area contributed by atoms with Gasteiger partial charge in [-0.3, -0.25) is 15.3 Å². The van der Waals surface area contributed by atoms with Crippen molar-refractivity contribution in [1.82, 2.24) is 10.4 Å². The first-order chi connectivity index (χ1) is 6.70. The molecule has 1 aliphatic rings. The van der Waals surface area contributed by atoms with E-state index in [4.69, 9.17) is 0 Å². The summed E-state index contributed by atoms with van der Waals surface area (Å²) in [7, 11) is 0. The van der Waals surface area contributed by atoms with Crippen LogP contribution in [0.3, 0.4) is 0 Å². The van der Waals surface area contributed by atoms with Gasteiger partial charge in [-0.2, -0.15) is 0 Å². The predicted octanol–water partition coefficient (Wildman–Crippen LogP) is 0.212. The third-order valence-corrected chi connectivity index (χ3v) is 2.18. The van der Waals surface area contributed by atoms with E-state index in [-0.39, 0.29) is 12.3 Å². The summed E-state index contributed by atoms with van der Waals surface area (Å²) in [6, 6.07) is 6.56. The summed E-state index contributed by atoms with van der Waals surface area (Å²) >= 11 is 0.